The molecule has 1 unspecified atom stereocenters. The van der Waals surface area contributed by atoms with Crippen LogP contribution in [0.2, 0.25) is 0 Å². The number of unbranched alkanes of at least 4 members (excludes halogenated alkanes) is 23. The second-order valence-corrected chi connectivity index (χ2v) is 19.1. The molecule has 0 aliphatic heterocycles. The first-order valence-electron chi connectivity index (χ1n) is 29.4. The fourth-order valence-electron chi connectivity index (χ4n) is 7.94. The number of ether oxygens (including phenoxy) is 3. The molecule has 0 radical (unpaired) electrons. The Morgan fingerprint density at radius 3 is 0.901 bits per heavy atom. The number of hydrogen-bond acceptors (Lipinski definition) is 6. The molecular weight excluding hydrogens is 877 g/mol. The lowest BCUT2D eigenvalue weighted by Crippen LogP contribution is -2.30. The van der Waals surface area contributed by atoms with Crippen molar-refractivity contribution >= 4 is 17.9 Å². The van der Waals surface area contributed by atoms with Crippen LogP contribution < -0.4 is 0 Å². The summed E-state index contributed by atoms with van der Waals surface area (Å²) in [7, 11) is 0. The van der Waals surface area contributed by atoms with Crippen LogP contribution >= 0.6 is 0 Å². The summed E-state index contributed by atoms with van der Waals surface area (Å²) in [5.41, 5.74) is 0. The van der Waals surface area contributed by atoms with Gasteiger partial charge < -0.3 is 14.2 Å². The zero-order valence-electron chi connectivity index (χ0n) is 46.2. The van der Waals surface area contributed by atoms with E-state index in [1.54, 1.807) is 0 Å². The van der Waals surface area contributed by atoms with Crippen molar-refractivity contribution in [1.29, 1.82) is 0 Å². The van der Waals surface area contributed by atoms with E-state index in [0.29, 0.717) is 25.7 Å². The fraction of sp³-hybridized carbons (Fsp3) is 0.677. The molecule has 1 atom stereocenters. The summed E-state index contributed by atoms with van der Waals surface area (Å²) in [6.45, 7) is 6.34. The molecule has 0 amide bonds. The van der Waals surface area contributed by atoms with E-state index in [2.05, 4.69) is 130 Å². The molecule has 0 spiro atoms. The van der Waals surface area contributed by atoms with Gasteiger partial charge in [0, 0.05) is 19.3 Å². The molecule has 71 heavy (non-hydrogen) atoms. The van der Waals surface area contributed by atoms with Crippen LogP contribution in [-0.4, -0.2) is 37.2 Å². The molecule has 6 nitrogen and oxygen atoms in total. The van der Waals surface area contributed by atoms with Crippen molar-refractivity contribution in [3.05, 3.63) is 109 Å². The van der Waals surface area contributed by atoms with Crippen molar-refractivity contribution in [2.24, 2.45) is 0 Å². The first-order valence-corrected chi connectivity index (χ1v) is 29.4. The van der Waals surface area contributed by atoms with E-state index in [0.717, 1.165) is 96.3 Å². The van der Waals surface area contributed by atoms with Gasteiger partial charge in [-0.2, -0.15) is 0 Å². The minimum atomic E-state index is -0.826. The molecule has 0 aromatic rings. The normalized spacial score (nSPS) is 12.9. The summed E-state index contributed by atoms with van der Waals surface area (Å²) in [5.74, 6) is -1.01. The molecule has 0 aromatic carbocycles. The third-order valence-corrected chi connectivity index (χ3v) is 12.3. The Hall–Kier alpha value is -3.93. The number of hydrogen-bond donors (Lipinski definition) is 0. The first-order chi connectivity index (χ1) is 35.0. The van der Waals surface area contributed by atoms with Crippen molar-refractivity contribution in [3.63, 3.8) is 0 Å². The van der Waals surface area contributed by atoms with E-state index in [1.807, 2.05) is 0 Å². The number of rotatable bonds is 52. The maximum absolute atomic E-state index is 12.8. The summed E-state index contributed by atoms with van der Waals surface area (Å²) in [6.07, 6.45) is 79.6. The average molecular weight is 986 g/mol. The van der Waals surface area contributed by atoms with E-state index in [-0.39, 0.29) is 37.5 Å². The fourth-order valence-corrected chi connectivity index (χ4v) is 7.94. The lowest BCUT2D eigenvalue weighted by Gasteiger charge is -2.18. The van der Waals surface area contributed by atoms with Crippen LogP contribution in [0.4, 0.5) is 0 Å². The van der Waals surface area contributed by atoms with Crippen molar-refractivity contribution in [3.8, 4) is 0 Å². The second kappa shape index (κ2) is 58.6. The summed E-state index contributed by atoms with van der Waals surface area (Å²) in [6, 6.07) is 0. The lowest BCUT2D eigenvalue weighted by molar-refractivity contribution is -0.167. The highest BCUT2D eigenvalue weighted by molar-refractivity contribution is 5.71. The summed E-state index contributed by atoms with van der Waals surface area (Å²) >= 11 is 0. The van der Waals surface area contributed by atoms with Gasteiger partial charge in [0.15, 0.2) is 6.10 Å². The minimum absolute atomic E-state index is 0.113. The highest BCUT2D eigenvalue weighted by Crippen LogP contribution is 2.16. The highest BCUT2D eigenvalue weighted by atomic mass is 16.6. The van der Waals surface area contributed by atoms with Gasteiger partial charge in [-0.15, -0.1) is 0 Å². The molecule has 0 saturated heterocycles. The van der Waals surface area contributed by atoms with Crippen LogP contribution in [0.3, 0.4) is 0 Å². The number of carbonyl (C=O) groups is 3. The molecule has 0 aliphatic carbocycles. The maximum Gasteiger partial charge on any atom is 0.306 e. The Labute approximate surface area is 438 Å². The number of allylic oxidation sites excluding steroid dienone is 18. The minimum Gasteiger partial charge on any atom is -0.462 e. The first kappa shape index (κ1) is 67.1. The molecular formula is C65H108O6. The van der Waals surface area contributed by atoms with Crippen molar-refractivity contribution in [2.45, 2.75) is 271 Å². The SMILES string of the molecule is CC/C=C\C/C=C\C/C=C\C/C=C\C/C=C\CCCC(=O)OC(COC(=O)CCCC/C=C\C/C=C\C/C=C\C/C=C\CC)COC(=O)CCCCCCCCCCCCCCCCCCCCCCC. The van der Waals surface area contributed by atoms with Crippen LogP contribution in [-0.2, 0) is 28.6 Å². The summed E-state index contributed by atoms with van der Waals surface area (Å²) in [5, 5.41) is 0. The van der Waals surface area contributed by atoms with Crippen LogP contribution in [0.1, 0.15) is 265 Å². The highest BCUT2D eigenvalue weighted by Gasteiger charge is 2.19. The predicted molar refractivity (Wildman–Crippen MR) is 307 cm³/mol. The second-order valence-electron chi connectivity index (χ2n) is 19.1. The summed E-state index contributed by atoms with van der Waals surface area (Å²) in [4.78, 5) is 38.2. The number of esters is 3. The Kier molecular flexibility index (Phi) is 55.4. The van der Waals surface area contributed by atoms with E-state index in [1.165, 1.54) is 116 Å². The Morgan fingerprint density at radius 1 is 0.296 bits per heavy atom. The smallest absolute Gasteiger partial charge is 0.306 e. The van der Waals surface area contributed by atoms with Gasteiger partial charge in [0.05, 0.1) is 0 Å². The van der Waals surface area contributed by atoms with Crippen LogP contribution in [0, 0.1) is 0 Å². The zero-order valence-corrected chi connectivity index (χ0v) is 46.2. The van der Waals surface area contributed by atoms with Crippen molar-refractivity contribution < 1.29 is 28.6 Å². The van der Waals surface area contributed by atoms with E-state index in [4.69, 9.17) is 14.2 Å². The van der Waals surface area contributed by atoms with Crippen molar-refractivity contribution in [1.82, 2.24) is 0 Å². The van der Waals surface area contributed by atoms with Crippen molar-refractivity contribution in [2.75, 3.05) is 13.2 Å². The molecule has 0 aliphatic rings. The van der Waals surface area contributed by atoms with Crippen LogP contribution in [0.15, 0.2) is 109 Å². The molecule has 0 heterocycles. The molecule has 0 aromatic heterocycles. The van der Waals surface area contributed by atoms with Gasteiger partial charge in [-0.05, 0) is 96.3 Å². The van der Waals surface area contributed by atoms with Gasteiger partial charge in [0.1, 0.15) is 13.2 Å². The Morgan fingerprint density at radius 2 is 0.563 bits per heavy atom. The molecule has 6 heteroatoms. The van der Waals surface area contributed by atoms with Crippen LogP contribution in [0.5, 0.6) is 0 Å². The standard InChI is InChI=1S/C65H108O6/c1-4-7-10-13-16-19-22-25-28-30-31-32-33-35-37-40-43-46-49-52-55-58-64(67)70-61-62(60-69-63(66)57-54-51-48-45-42-39-36-27-24-21-18-15-12-9-6-3)71-65(68)59-56-53-50-47-44-41-38-34-29-26-23-20-17-14-11-8-5-2/h8-9,11-12,17-18,20-21,26-27,29,36,38,41-42,45,47,50,62H,4-7,10,13-16,19,22-25,28,30-35,37,39-40,43-44,46,48-49,51-61H2,1-3H3/b11-8-,12-9-,20-17-,21-18-,29-26-,36-27-,41-38-,45-42-,50-47-. The van der Waals surface area contributed by atoms with Crippen LogP contribution in [0.25, 0.3) is 0 Å². The molecule has 0 saturated carbocycles. The molecule has 0 fully saturated rings. The predicted octanol–water partition coefficient (Wildman–Crippen LogP) is 19.9. The topological polar surface area (TPSA) is 78.9 Å². The lowest BCUT2D eigenvalue weighted by atomic mass is 10.0. The average Bonchev–Trinajstić information content (AvgIpc) is 3.37. The van der Waals surface area contributed by atoms with Gasteiger partial charge in [-0.3, -0.25) is 14.4 Å². The molecule has 0 N–H and O–H groups in total. The van der Waals surface area contributed by atoms with Gasteiger partial charge >= 0.3 is 17.9 Å². The van der Waals surface area contributed by atoms with E-state index >= 15 is 0 Å². The van der Waals surface area contributed by atoms with E-state index < -0.39 is 6.10 Å². The third kappa shape index (κ3) is 56.9. The van der Waals surface area contributed by atoms with Gasteiger partial charge in [-0.25, -0.2) is 0 Å². The maximum atomic E-state index is 12.8. The van der Waals surface area contributed by atoms with E-state index in [9.17, 15) is 14.4 Å². The largest absolute Gasteiger partial charge is 0.462 e. The molecule has 404 valence electrons. The van der Waals surface area contributed by atoms with Gasteiger partial charge in [0.2, 0.25) is 0 Å². The molecule has 0 bridgehead atoms. The monoisotopic (exact) mass is 985 g/mol. The third-order valence-electron chi connectivity index (χ3n) is 12.3. The zero-order chi connectivity index (χ0) is 51.4. The van der Waals surface area contributed by atoms with Gasteiger partial charge in [-0.1, -0.05) is 259 Å². The summed E-state index contributed by atoms with van der Waals surface area (Å²) < 4.78 is 16.8. The quantitative estimate of drug-likeness (QED) is 0.0261. The number of carbonyl (C=O) groups excluding carboxylic acids is 3. The Balaban J connectivity index is 4.47. The molecule has 0 rings (SSSR count). The Bertz CT molecular complexity index is 1460. The van der Waals surface area contributed by atoms with Gasteiger partial charge in [0.25, 0.3) is 0 Å².